The second-order valence-electron chi connectivity index (χ2n) is 7.05. The van der Waals surface area contributed by atoms with E-state index in [1.807, 2.05) is 23.1 Å². The van der Waals surface area contributed by atoms with Crippen molar-refractivity contribution in [1.82, 2.24) is 19.8 Å². The summed E-state index contributed by atoms with van der Waals surface area (Å²) < 4.78 is 5.59. The van der Waals surface area contributed by atoms with Crippen LogP contribution in [0.5, 0.6) is 0 Å². The summed E-state index contributed by atoms with van der Waals surface area (Å²) in [6.45, 7) is 7.17. The van der Waals surface area contributed by atoms with Crippen LogP contribution in [0, 0.1) is 0 Å². The predicted octanol–water partition coefficient (Wildman–Crippen LogP) is 2.15. The van der Waals surface area contributed by atoms with Crippen LogP contribution in [-0.2, 0) is 9.53 Å². The standard InChI is InChI=1S/C20H22ClN5O2/c1-2-19(27)26-10-17-12-28-4-3-25(17)11-18(26)13-5-14(7-15(21)6-13)20-23-8-16(22)9-24-20/h2,5-9,17-18H,1,3-4,10-12,22H2/t17-,18-/m0/s1. The second kappa shape index (κ2) is 7.87. The Bertz CT molecular complexity index is 889. The molecule has 0 unspecified atom stereocenters. The molecule has 2 saturated heterocycles. The second-order valence-corrected chi connectivity index (χ2v) is 7.48. The van der Waals surface area contributed by atoms with Gasteiger partial charge in [0.05, 0.1) is 43.4 Å². The van der Waals surface area contributed by atoms with Gasteiger partial charge in [-0.2, -0.15) is 0 Å². The summed E-state index contributed by atoms with van der Waals surface area (Å²) in [5, 5.41) is 0.572. The monoisotopic (exact) mass is 399 g/mol. The zero-order chi connectivity index (χ0) is 19.7. The smallest absolute Gasteiger partial charge is 0.246 e. The maximum absolute atomic E-state index is 12.6. The summed E-state index contributed by atoms with van der Waals surface area (Å²) in [5.74, 6) is 0.445. The van der Waals surface area contributed by atoms with E-state index in [4.69, 9.17) is 22.1 Å². The highest BCUT2D eigenvalue weighted by Gasteiger charge is 2.38. The average Bonchev–Trinajstić information content (AvgIpc) is 2.72. The van der Waals surface area contributed by atoms with Crippen molar-refractivity contribution in [3.8, 4) is 11.4 Å². The number of ether oxygens (including phenoxy) is 1. The quantitative estimate of drug-likeness (QED) is 0.796. The number of morpholine rings is 1. The molecule has 1 aromatic heterocycles. The minimum Gasteiger partial charge on any atom is -0.396 e. The first-order chi connectivity index (χ1) is 13.5. The molecule has 146 valence electrons. The molecular formula is C20H22ClN5O2. The summed E-state index contributed by atoms with van der Waals surface area (Å²) in [7, 11) is 0. The predicted molar refractivity (Wildman–Crippen MR) is 108 cm³/mol. The lowest BCUT2D eigenvalue weighted by atomic mass is 9.96. The number of rotatable bonds is 3. The van der Waals surface area contributed by atoms with E-state index < -0.39 is 0 Å². The zero-order valence-corrected chi connectivity index (χ0v) is 16.2. The number of halogens is 1. The topological polar surface area (TPSA) is 84.6 Å². The molecule has 2 aliphatic heterocycles. The van der Waals surface area contributed by atoms with E-state index in [-0.39, 0.29) is 18.0 Å². The number of nitrogens with two attached hydrogens (primary N) is 1. The number of anilines is 1. The van der Waals surface area contributed by atoms with Gasteiger partial charge in [-0.1, -0.05) is 18.2 Å². The summed E-state index contributed by atoms with van der Waals surface area (Å²) in [5.41, 5.74) is 7.93. The molecule has 2 atom stereocenters. The number of nitrogen functional groups attached to an aromatic ring is 1. The number of hydrogen-bond acceptors (Lipinski definition) is 6. The number of carbonyl (C=O) groups excluding carboxylic acids is 1. The fraction of sp³-hybridized carbons (Fsp3) is 0.350. The molecule has 3 heterocycles. The molecule has 0 aliphatic carbocycles. The minimum atomic E-state index is -0.133. The molecule has 2 aliphatic rings. The molecule has 8 heteroatoms. The number of carbonyl (C=O) groups is 1. The van der Waals surface area contributed by atoms with Gasteiger partial charge in [-0.05, 0) is 29.8 Å². The number of benzene rings is 1. The molecule has 4 rings (SSSR count). The van der Waals surface area contributed by atoms with E-state index in [2.05, 4.69) is 21.4 Å². The lowest BCUT2D eigenvalue weighted by molar-refractivity contribution is -0.137. The third-order valence-corrected chi connectivity index (χ3v) is 5.45. The van der Waals surface area contributed by atoms with Crippen molar-refractivity contribution in [1.29, 1.82) is 0 Å². The van der Waals surface area contributed by atoms with E-state index in [9.17, 15) is 4.79 Å². The van der Waals surface area contributed by atoms with Gasteiger partial charge < -0.3 is 15.4 Å². The molecule has 28 heavy (non-hydrogen) atoms. The summed E-state index contributed by atoms with van der Waals surface area (Å²) in [6, 6.07) is 5.78. The normalized spacial score (nSPS) is 22.5. The fourth-order valence-electron chi connectivity index (χ4n) is 3.84. The van der Waals surface area contributed by atoms with Crippen LogP contribution in [0.4, 0.5) is 5.69 Å². The van der Waals surface area contributed by atoms with Crippen LogP contribution >= 0.6 is 11.6 Å². The molecule has 2 fully saturated rings. The van der Waals surface area contributed by atoms with Gasteiger partial charge in [0.15, 0.2) is 5.82 Å². The van der Waals surface area contributed by atoms with Gasteiger partial charge in [-0.25, -0.2) is 9.97 Å². The summed E-state index contributed by atoms with van der Waals surface area (Å²) in [4.78, 5) is 25.4. The van der Waals surface area contributed by atoms with Gasteiger partial charge in [-0.3, -0.25) is 9.69 Å². The number of amides is 1. The first kappa shape index (κ1) is 18.9. The summed E-state index contributed by atoms with van der Waals surface area (Å²) >= 11 is 6.41. The molecular weight excluding hydrogens is 378 g/mol. The molecule has 0 spiro atoms. The Kier molecular flexibility index (Phi) is 5.30. The van der Waals surface area contributed by atoms with E-state index in [0.29, 0.717) is 36.3 Å². The maximum atomic E-state index is 12.6. The Morgan fingerprint density at radius 3 is 2.82 bits per heavy atom. The molecule has 0 radical (unpaired) electrons. The number of piperazine rings is 1. The van der Waals surface area contributed by atoms with Crippen molar-refractivity contribution >= 4 is 23.2 Å². The highest BCUT2D eigenvalue weighted by atomic mass is 35.5. The molecule has 1 aromatic carbocycles. The molecule has 0 saturated carbocycles. The van der Waals surface area contributed by atoms with E-state index in [0.717, 1.165) is 24.2 Å². The van der Waals surface area contributed by atoms with Gasteiger partial charge in [-0.15, -0.1) is 0 Å². The molecule has 0 bridgehead atoms. The van der Waals surface area contributed by atoms with Gasteiger partial charge >= 0.3 is 0 Å². The third-order valence-electron chi connectivity index (χ3n) is 5.23. The van der Waals surface area contributed by atoms with E-state index in [1.165, 1.54) is 6.08 Å². The van der Waals surface area contributed by atoms with E-state index in [1.54, 1.807) is 12.4 Å². The highest BCUT2D eigenvalue weighted by molar-refractivity contribution is 6.31. The number of fused-ring (bicyclic) bond motifs is 1. The molecule has 1 amide bonds. The third kappa shape index (κ3) is 3.73. The van der Waals surface area contributed by atoms with Crippen LogP contribution in [0.2, 0.25) is 5.02 Å². The first-order valence-electron chi connectivity index (χ1n) is 9.18. The van der Waals surface area contributed by atoms with Crippen molar-refractivity contribution in [2.24, 2.45) is 0 Å². The Morgan fingerprint density at radius 2 is 2.07 bits per heavy atom. The largest absolute Gasteiger partial charge is 0.396 e. The number of nitrogens with zero attached hydrogens (tertiary/aromatic N) is 4. The van der Waals surface area contributed by atoms with Crippen LogP contribution < -0.4 is 5.73 Å². The maximum Gasteiger partial charge on any atom is 0.246 e. The van der Waals surface area contributed by atoms with E-state index >= 15 is 0 Å². The summed E-state index contributed by atoms with van der Waals surface area (Å²) in [6.07, 6.45) is 4.49. The van der Waals surface area contributed by atoms with Gasteiger partial charge in [0.2, 0.25) is 5.91 Å². The Labute approximate surface area is 168 Å². The van der Waals surface area contributed by atoms with Gasteiger partial charge in [0.25, 0.3) is 0 Å². The molecule has 7 nitrogen and oxygen atoms in total. The van der Waals surface area contributed by atoms with Crippen molar-refractivity contribution in [3.63, 3.8) is 0 Å². The molecule has 2 aromatic rings. The van der Waals surface area contributed by atoms with Crippen LogP contribution in [0.3, 0.4) is 0 Å². The highest BCUT2D eigenvalue weighted by Crippen LogP contribution is 2.33. The Balaban J connectivity index is 1.71. The minimum absolute atomic E-state index is 0.0968. The fourth-order valence-corrected chi connectivity index (χ4v) is 4.08. The zero-order valence-electron chi connectivity index (χ0n) is 15.4. The first-order valence-corrected chi connectivity index (χ1v) is 9.56. The van der Waals surface area contributed by atoms with Crippen LogP contribution in [0.1, 0.15) is 11.6 Å². The lowest BCUT2D eigenvalue weighted by Crippen LogP contribution is -2.59. The lowest BCUT2D eigenvalue weighted by Gasteiger charge is -2.48. The van der Waals surface area contributed by atoms with Crippen molar-refractivity contribution in [2.75, 3.05) is 38.6 Å². The van der Waals surface area contributed by atoms with Crippen molar-refractivity contribution in [2.45, 2.75) is 12.1 Å². The Morgan fingerprint density at radius 1 is 1.29 bits per heavy atom. The van der Waals surface area contributed by atoms with Gasteiger partial charge in [0, 0.05) is 30.2 Å². The van der Waals surface area contributed by atoms with Crippen molar-refractivity contribution in [3.05, 3.63) is 53.8 Å². The SMILES string of the molecule is C=CC(=O)N1C[C@H]2COCCN2C[C@H]1c1cc(Cl)cc(-c2ncc(N)cn2)c1. The average molecular weight is 400 g/mol. The van der Waals surface area contributed by atoms with Crippen LogP contribution in [-0.4, -0.2) is 64.6 Å². The van der Waals surface area contributed by atoms with Crippen LogP contribution in [0.25, 0.3) is 11.4 Å². The number of aromatic nitrogens is 2. The van der Waals surface area contributed by atoms with Gasteiger partial charge in [0.1, 0.15) is 0 Å². The molecule has 2 N–H and O–H groups in total. The Hall–Kier alpha value is -2.48. The van der Waals surface area contributed by atoms with Crippen LogP contribution in [0.15, 0.2) is 43.2 Å². The van der Waals surface area contributed by atoms with Crippen molar-refractivity contribution < 1.29 is 9.53 Å². The number of hydrogen-bond donors (Lipinski definition) is 1.